The van der Waals surface area contributed by atoms with Gasteiger partial charge in [-0.25, -0.2) is 0 Å². The number of rotatable bonds is 14. The van der Waals surface area contributed by atoms with Crippen LogP contribution in [0.2, 0.25) is 0 Å². The third-order valence-corrected chi connectivity index (χ3v) is 6.36. The first kappa shape index (κ1) is 23.9. The largest absolute Gasteiger partial charge is 0.633 e. The lowest BCUT2D eigenvalue weighted by atomic mass is 9.79. The zero-order valence-electron chi connectivity index (χ0n) is 17.7. The number of quaternary nitrogens is 1. The summed E-state index contributed by atoms with van der Waals surface area (Å²) in [5.41, 5.74) is 0. The Kier molecular flexibility index (Phi) is 12.0. The number of aliphatic hydroxyl groups excluding tert-OH is 2. The Morgan fingerprint density at radius 2 is 1.38 bits per heavy atom. The predicted molar refractivity (Wildman–Crippen MR) is 110 cm³/mol. The van der Waals surface area contributed by atoms with Crippen LogP contribution in [0, 0.1) is 28.9 Å². The van der Waals surface area contributed by atoms with Gasteiger partial charge in [0.05, 0.1) is 19.8 Å². The summed E-state index contributed by atoms with van der Waals surface area (Å²) >= 11 is 0. The fourth-order valence-electron chi connectivity index (χ4n) is 4.61. The van der Waals surface area contributed by atoms with Crippen LogP contribution in [0.4, 0.5) is 0 Å². The highest BCUT2D eigenvalue weighted by Gasteiger charge is 2.27. The van der Waals surface area contributed by atoms with Crippen molar-refractivity contribution in [1.29, 1.82) is 0 Å². The molecule has 1 aliphatic carbocycles. The van der Waals surface area contributed by atoms with Crippen molar-refractivity contribution in [3.05, 3.63) is 5.21 Å². The molecule has 4 heteroatoms. The molecule has 0 aromatic carbocycles. The summed E-state index contributed by atoms with van der Waals surface area (Å²) in [5, 5.41) is 30.9. The molecule has 1 saturated carbocycles. The van der Waals surface area contributed by atoms with E-state index in [1.165, 1.54) is 51.4 Å². The average molecular weight is 372 g/mol. The summed E-state index contributed by atoms with van der Waals surface area (Å²) in [6.45, 7) is 7.85. The van der Waals surface area contributed by atoms with Gasteiger partial charge in [-0.3, -0.25) is 0 Å². The molecule has 0 bridgehead atoms. The first-order valence-corrected chi connectivity index (χ1v) is 11.2. The molecule has 1 aliphatic rings. The van der Waals surface area contributed by atoms with Gasteiger partial charge >= 0.3 is 0 Å². The van der Waals surface area contributed by atoms with E-state index in [4.69, 9.17) is 10.2 Å². The second kappa shape index (κ2) is 13.1. The van der Waals surface area contributed by atoms with E-state index in [0.717, 1.165) is 30.6 Å². The maximum absolute atomic E-state index is 12.6. The molecule has 2 N–H and O–H groups in total. The van der Waals surface area contributed by atoms with Crippen molar-refractivity contribution >= 4 is 0 Å². The highest BCUT2D eigenvalue weighted by molar-refractivity contribution is 4.73. The molecule has 0 heterocycles. The molecule has 0 aromatic heterocycles. The zero-order chi connectivity index (χ0) is 19.4. The van der Waals surface area contributed by atoms with E-state index < -0.39 is 4.65 Å². The number of nitrogens with zero attached hydrogens (tertiary/aromatic N) is 1. The topological polar surface area (TPSA) is 63.5 Å². The smallest absolute Gasteiger partial charge is 0.102 e. The molecule has 26 heavy (non-hydrogen) atoms. The molecular weight excluding hydrogens is 326 g/mol. The average Bonchev–Trinajstić information content (AvgIpc) is 2.56. The minimum atomic E-state index is -0.420. The summed E-state index contributed by atoms with van der Waals surface area (Å²) in [5.74, 6) is 3.01. The van der Waals surface area contributed by atoms with Gasteiger partial charge in [0.1, 0.15) is 13.1 Å². The summed E-state index contributed by atoms with van der Waals surface area (Å²) < 4.78 is -0.420. The molecule has 0 saturated heterocycles. The molecule has 4 nitrogen and oxygen atoms in total. The van der Waals surface area contributed by atoms with Crippen molar-refractivity contribution in [2.24, 2.45) is 23.7 Å². The third kappa shape index (κ3) is 10.2. The summed E-state index contributed by atoms with van der Waals surface area (Å²) in [7, 11) is 0. The molecule has 1 fully saturated rings. The SMILES string of the molecule is CC(C)CCCC(C)CCCC1CCC(C[N+]([O-])(CCO)CCO)CC1. The Hall–Kier alpha value is -0.160. The maximum atomic E-state index is 12.6. The minimum absolute atomic E-state index is 0.0891. The van der Waals surface area contributed by atoms with Crippen molar-refractivity contribution < 1.29 is 14.9 Å². The molecule has 0 radical (unpaired) electrons. The van der Waals surface area contributed by atoms with Crippen molar-refractivity contribution in [1.82, 2.24) is 0 Å². The molecule has 0 amide bonds. The molecule has 1 unspecified atom stereocenters. The van der Waals surface area contributed by atoms with Crippen LogP contribution in [0.15, 0.2) is 0 Å². The summed E-state index contributed by atoms with van der Waals surface area (Å²) in [4.78, 5) is 0. The highest BCUT2D eigenvalue weighted by Crippen LogP contribution is 2.34. The lowest BCUT2D eigenvalue weighted by molar-refractivity contribution is -0.885. The van der Waals surface area contributed by atoms with Gasteiger partial charge in [0.15, 0.2) is 0 Å². The van der Waals surface area contributed by atoms with Gasteiger partial charge in [-0.15, -0.1) is 0 Å². The number of hydrogen-bond acceptors (Lipinski definition) is 3. The van der Waals surface area contributed by atoms with Crippen LogP contribution in [-0.4, -0.2) is 47.7 Å². The van der Waals surface area contributed by atoms with Crippen LogP contribution < -0.4 is 0 Å². The summed E-state index contributed by atoms with van der Waals surface area (Å²) in [6.07, 6.45) is 13.0. The highest BCUT2D eigenvalue weighted by atomic mass is 16.5. The Morgan fingerprint density at radius 1 is 0.846 bits per heavy atom. The Labute approximate surface area is 162 Å². The van der Waals surface area contributed by atoms with Crippen LogP contribution in [0.25, 0.3) is 0 Å². The van der Waals surface area contributed by atoms with Gasteiger partial charge in [-0.2, -0.15) is 0 Å². The predicted octanol–water partition coefficient (Wildman–Crippen LogP) is 4.72. The summed E-state index contributed by atoms with van der Waals surface area (Å²) in [6, 6.07) is 0. The molecular formula is C22H45NO3. The van der Waals surface area contributed by atoms with E-state index in [1.807, 2.05) is 0 Å². The van der Waals surface area contributed by atoms with Crippen molar-refractivity contribution in [2.45, 2.75) is 85.0 Å². The van der Waals surface area contributed by atoms with Crippen molar-refractivity contribution in [3.8, 4) is 0 Å². The normalized spacial score (nSPS) is 22.7. The standard InChI is InChI=1S/C22H45NO3/c1-19(2)6-4-7-20(3)8-5-9-21-10-12-22(13-11-21)18-23(26,14-16-24)15-17-25/h19-22,24-25H,4-18H2,1-3H3. The second-order valence-corrected chi connectivity index (χ2v) is 9.38. The van der Waals surface area contributed by atoms with Crippen molar-refractivity contribution in [3.63, 3.8) is 0 Å². The first-order chi connectivity index (χ1) is 12.4. The van der Waals surface area contributed by atoms with Gasteiger partial charge in [-0.1, -0.05) is 59.3 Å². The third-order valence-electron chi connectivity index (χ3n) is 6.36. The molecule has 156 valence electrons. The van der Waals surface area contributed by atoms with E-state index in [9.17, 15) is 5.21 Å². The van der Waals surface area contributed by atoms with Crippen molar-refractivity contribution in [2.75, 3.05) is 32.8 Å². The Bertz CT molecular complexity index is 334. The number of hydrogen-bond donors (Lipinski definition) is 2. The van der Waals surface area contributed by atoms with Crippen LogP contribution in [0.5, 0.6) is 0 Å². The minimum Gasteiger partial charge on any atom is -0.633 e. The second-order valence-electron chi connectivity index (χ2n) is 9.38. The molecule has 0 spiro atoms. The first-order valence-electron chi connectivity index (χ1n) is 11.2. The molecule has 1 rings (SSSR count). The number of hydroxylamine groups is 3. The van der Waals surface area contributed by atoms with Gasteiger partial charge in [0, 0.05) is 5.92 Å². The van der Waals surface area contributed by atoms with Crippen LogP contribution in [0.3, 0.4) is 0 Å². The number of aliphatic hydroxyl groups is 2. The molecule has 0 aromatic rings. The zero-order valence-corrected chi connectivity index (χ0v) is 17.7. The lowest BCUT2D eigenvalue weighted by Gasteiger charge is -2.45. The van der Waals surface area contributed by atoms with Gasteiger partial charge < -0.3 is 20.1 Å². The lowest BCUT2D eigenvalue weighted by Crippen LogP contribution is -2.49. The van der Waals surface area contributed by atoms with Crippen LogP contribution in [-0.2, 0) is 0 Å². The van der Waals surface area contributed by atoms with Crippen LogP contribution >= 0.6 is 0 Å². The fraction of sp³-hybridized carbons (Fsp3) is 1.00. The van der Waals surface area contributed by atoms with E-state index in [-0.39, 0.29) is 26.3 Å². The van der Waals surface area contributed by atoms with E-state index in [1.54, 1.807) is 0 Å². The van der Waals surface area contributed by atoms with Gasteiger partial charge in [0.2, 0.25) is 0 Å². The Morgan fingerprint density at radius 3 is 1.92 bits per heavy atom. The quantitative estimate of drug-likeness (QED) is 0.343. The monoisotopic (exact) mass is 371 g/mol. The van der Waals surface area contributed by atoms with E-state index in [0.29, 0.717) is 12.5 Å². The molecule has 0 aliphatic heterocycles. The Balaban J connectivity index is 2.17. The van der Waals surface area contributed by atoms with Crippen LogP contribution in [0.1, 0.15) is 85.0 Å². The van der Waals surface area contributed by atoms with E-state index in [2.05, 4.69) is 20.8 Å². The van der Waals surface area contributed by atoms with E-state index >= 15 is 0 Å². The van der Waals surface area contributed by atoms with Gasteiger partial charge in [0.25, 0.3) is 0 Å². The maximum Gasteiger partial charge on any atom is 0.102 e. The van der Waals surface area contributed by atoms with Gasteiger partial charge in [-0.05, 0) is 43.4 Å². The molecule has 1 atom stereocenters. The fourth-order valence-corrected chi connectivity index (χ4v) is 4.61.